The molecule has 0 amide bonds. The van der Waals surface area contributed by atoms with Gasteiger partial charge in [0.25, 0.3) is 0 Å². The fourth-order valence-electron chi connectivity index (χ4n) is 3.94. The first kappa shape index (κ1) is 18.7. The zero-order valence-electron chi connectivity index (χ0n) is 14.9. The number of hydrogen-bond acceptors (Lipinski definition) is 3. The Morgan fingerprint density at radius 2 is 1.80 bits per heavy atom. The molecular formula is C19H28F3N3. The van der Waals surface area contributed by atoms with E-state index in [2.05, 4.69) is 21.7 Å². The molecule has 0 N–H and O–H groups in total. The topological polar surface area (TPSA) is 9.72 Å². The van der Waals surface area contributed by atoms with Gasteiger partial charge in [-0.25, -0.2) is 0 Å². The molecule has 3 rings (SSSR count). The average molecular weight is 355 g/mol. The van der Waals surface area contributed by atoms with E-state index in [-0.39, 0.29) is 0 Å². The highest BCUT2D eigenvalue weighted by atomic mass is 19.4. The summed E-state index contributed by atoms with van der Waals surface area (Å²) >= 11 is 0. The van der Waals surface area contributed by atoms with Crippen LogP contribution in [0.3, 0.4) is 0 Å². The van der Waals surface area contributed by atoms with E-state index < -0.39 is 11.7 Å². The van der Waals surface area contributed by atoms with Crippen LogP contribution in [0.1, 0.15) is 24.0 Å². The van der Waals surface area contributed by atoms with Gasteiger partial charge in [-0.05, 0) is 44.0 Å². The van der Waals surface area contributed by atoms with Crippen molar-refractivity contribution in [2.45, 2.75) is 25.6 Å². The monoisotopic (exact) mass is 355 g/mol. The number of likely N-dealkylation sites (tertiary alicyclic amines) is 1. The highest BCUT2D eigenvalue weighted by molar-refractivity contribution is 5.25. The second-order valence-electron chi connectivity index (χ2n) is 7.55. The SMILES string of the molecule is CN1CCN(C[C@H]2CCCN(Cc3cccc(C(F)(F)F)c3)C2)CC1. The number of nitrogens with zero attached hydrogens (tertiary/aromatic N) is 3. The van der Waals surface area contributed by atoms with E-state index in [1.165, 1.54) is 18.6 Å². The van der Waals surface area contributed by atoms with Crippen LogP contribution < -0.4 is 0 Å². The molecule has 1 aromatic rings. The van der Waals surface area contributed by atoms with E-state index in [4.69, 9.17) is 0 Å². The van der Waals surface area contributed by atoms with E-state index in [1.54, 1.807) is 6.07 Å². The van der Waals surface area contributed by atoms with Gasteiger partial charge in [0.15, 0.2) is 0 Å². The molecule has 0 aromatic heterocycles. The highest BCUT2D eigenvalue weighted by Crippen LogP contribution is 2.30. The maximum absolute atomic E-state index is 12.9. The van der Waals surface area contributed by atoms with E-state index in [0.29, 0.717) is 12.5 Å². The molecule has 1 aromatic carbocycles. The second kappa shape index (κ2) is 8.06. The van der Waals surface area contributed by atoms with Crippen molar-refractivity contribution in [1.82, 2.24) is 14.7 Å². The van der Waals surface area contributed by atoms with Crippen LogP contribution in [0, 0.1) is 5.92 Å². The molecule has 2 fully saturated rings. The van der Waals surface area contributed by atoms with Gasteiger partial charge in [0.05, 0.1) is 5.56 Å². The fraction of sp³-hybridized carbons (Fsp3) is 0.684. The van der Waals surface area contributed by atoms with E-state index in [0.717, 1.165) is 63.9 Å². The predicted octanol–water partition coefficient (Wildman–Crippen LogP) is 3.16. The first-order chi connectivity index (χ1) is 11.9. The molecule has 3 nitrogen and oxygen atoms in total. The Hall–Kier alpha value is -1.11. The van der Waals surface area contributed by atoms with Crippen molar-refractivity contribution < 1.29 is 13.2 Å². The summed E-state index contributed by atoms with van der Waals surface area (Å²) in [6, 6.07) is 5.77. The molecule has 2 heterocycles. The lowest BCUT2D eigenvalue weighted by atomic mass is 9.96. The number of alkyl halides is 3. The predicted molar refractivity (Wildman–Crippen MR) is 93.4 cm³/mol. The number of rotatable bonds is 4. The summed E-state index contributed by atoms with van der Waals surface area (Å²) in [6.45, 7) is 8.21. The Morgan fingerprint density at radius 1 is 1.04 bits per heavy atom. The number of piperazine rings is 1. The Morgan fingerprint density at radius 3 is 2.52 bits per heavy atom. The van der Waals surface area contributed by atoms with Gasteiger partial charge in [-0.15, -0.1) is 0 Å². The lowest BCUT2D eigenvalue weighted by Crippen LogP contribution is -2.48. The van der Waals surface area contributed by atoms with E-state index in [9.17, 15) is 13.2 Å². The normalized spacial score (nSPS) is 24.6. The molecule has 2 saturated heterocycles. The Kier molecular flexibility index (Phi) is 6.02. The molecular weight excluding hydrogens is 327 g/mol. The van der Waals surface area contributed by atoms with Crippen molar-refractivity contribution in [3.05, 3.63) is 35.4 Å². The van der Waals surface area contributed by atoms with Gasteiger partial charge in [-0.1, -0.05) is 18.2 Å². The van der Waals surface area contributed by atoms with Crippen LogP contribution in [0.2, 0.25) is 0 Å². The molecule has 2 aliphatic heterocycles. The van der Waals surface area contributed by atoms with Gasteiger partial charge >= 0.3 is 6.18 Å². The van der Waals surface area contributed by atoms with Crippen LogP contribution in [0.15, 0.2) is 24.3 Å². The van der Waals surface area contributed by atoms with E-state index in [1.807, 2.05) is 0 Å². The van der Waals surface area contributed by atoms with Crippen LogP contribution >= 0.6 is 0 Å². The third-order valence-electron chi connectivity index (χ3n) is 5.38. The molecule has 25 heavy (non-hydrogen) atoms. The average Bonchev–Trinajstić information content (AvgIpc) is 2.57. The lowest BCUT2D eigenvalue weighted by molar-refractivity contribution is -0.137. The molecule has 0 radical (unpaired) electrons. The zero-order chi connectivity index (χ0) is 17.9. The van der Waals surface area contributed by atoms with Crippen molar-refractivity contribution >= 4 is 0 Å². The highest BCUT2D eigenvalue weighted by Gasteiger charge is 2.30. The van der Waals surface area contributed by atoms with Crippen molar-refractivity contribution in [2.75, 3.05) is 52.9 Å². The maximum atomic E-state index is 12.9. The minimum absolute atomic E-state index is 0.545. The molecule has 140 valence electrons. The van der Waals surface area contributed by atoms with Crippen LogP contribution in [-0.2, 0) is 12.7 Å². The third-order valence-corrected chi connectivity index (χ3v) is 5.38. The molecule has 0 spiro atoms. The number of hydrogen-bond donors (Lipinski definition) is 0. The Labute approximate surface area is 148 Å². The van der Waals surface area contributed by atoms with Crippen LogP contribution in [0.4, 0.5) is 13.2 Å². The molecule has 0 bridgehead atoms. The van der Waals surface area contributed by atoms with Crippen molar-refractivity contribution in [3.8, 4) is 0 Å². The van der Waals surface area contributed by atoms with Crippen LogP contribution in [0.25, 0.3) is 0 Å². The standard InChI is InChI=1S/C19H28F3N3/c1-23-8-10-24(11-9-23)14-17-5-3-7-25(15-17)13-16-4-2-6-18(12-16)19(20,21)22/h2,4,6,12,17H,3,5,7-11,13-15H2,1H3/t17-/m1/s1. The summed E-state index contributed by atoms with van der Waals surface area (Å²) in [4.78, 5) is 7.22. The number of likely N-dealkylation sites (N-methyl/N-ethyl adjacent to an activating group) is 1. The second-order valence-corrected chi connectivity index (χ2v) is 7.55. The smallest absolute Gasteiger partial charge is 0.304 e. The van der Waals surface area contributed by atoms with Crippen molar-refractivity contribution in [3.63, 3.8) is 0 Å². The largest absolute Gasteiger partial charge is 0.416 e. The first-order valence-corrected chi connectivity index (χ1v) is 9.19. The Bertz CT molecular complexity index is 553. The Balaban J connectivity index is 1.53. The van der Waals surface area contributed by atoms with E-state index >= 15 is 0 Å². The molecule has 0 saturated carbocycles. The van der Waals surface area contributed by atoms with Gasteiger partial charge < -0.3 is 9.80 Å². The summed E-state index contributed by atoms with van der Waals surface area (Å²) in [6.07, 6.45) is -1.90. The fourth-order valence-corrected chi connectivity index (χ4v) is 3.94. The zero-order valence-corrected chi connectivity index (χ0v) is 14.9. The van der Waals surface area contributed by atoms with Gasteiger partial charge in [0, 0.05) is 45.8 Å². The van der Waals surface area contributed by atoms with Crippen molar-refractivity contribution in [2.24, 2.45) is 5.92 Å². The number of piperidine rings is 1. The maximum Gasteiger partial charge on any atom is 0.416 e. The molecule has 0 unspecified atom stereocenters. The molecule has 1 atom stereocenters. The summed E-state index contributed by atoms with van der Waals surface area (Å²) in [5, 5.41) is 0. The van der Waals surface area contributed by atoms with Gasteiger partial charge in [-0.3, -0.25) is 4.90 Å². The number of halogens is 3. The molecule has 2 aliphatic rings. The van der Waals surface area contributed by atoms with Crippen LogP contribution in [0.5, 0.6) is 0 Å². The minimum Gasteiger partial charge on any atom is -0.304 e. The van der Waals surface area contributed by atoms with Gasteiger partial charge in [-0.2, -0.15) is 13.2 Å². The lowest BCUT2D eigenvalue weighted by Gasteiger charge is -2.38. The summed E-state index contributed by atoms with van der Waals surface area (Å²) < 4.78 is 38.6. The third kappa shape index (κ3) is 5.43. The molecule has 0 aliphatic carbocycles. The van der Waals surface area contributed by atoms with Gasteiger partial charge in [0.1, 0.15) is 0 Å². The first-order valence-electron chi connectivity index (χ1n) is 9.19. The van der Waals surface area contributed by atoms with Crippen molar-refractivity contribution in [1.29, 1.82) is 0 Å². The summed E-state index contributed by atoms with van der Waals surface area (Å²) in [5.41, 5.74) is 0.214. The minimum atomic E-state index is -4.26. The summed E-state index contributed by atoms with van der Waals surface area (Å²) in [7, 11) is 2.16. The summed E-state index contributed by atoms with van der Waals surface area (Å²) in [5.74, 6) is 0.628. The quantitative estimate of drug-likeness (QED) is 0.821. The molecule has 6 heteroatoms. The van der Waals surface area contributed by atoms with Gasteiger partial charge in [0.2, 0.25) is 0 Å². The number of benzene rings is 1. The van der Waals surface area contributed by atoms with Crippen LogP contribution in [-0.4, -0.2) is 67.6 Å².